The van der Waals surface area contributed by atoms with Crippen molar-refractivity contribution in [2.45, 2.75) is 6.54 Å². The van der Waals surface area contributed by atoms with Crippen molar-refractivity contribution in [2.24, 2.45) is 0 Å². The zero-order chi connectivity index (χ0) is 20.3. The van der Waals surface area contributed by atoms with E-state index in [0.717, 1.165) is 33.7 Å². The van der Waals surface area contributed by atoms with Crippen LogP contribution in [-0.2, 0) is 6.54 Å². The van der Waals surface area contributed by atoms with E-state index in [1.54, 1.807) is 41.0 Å². The number of rotatable bonds is 5. The van der Waals surface area contributed by atoms with Gasteiger partial charge in [-0.3, -0.25) is 9.78 Å². The molecule has 30 heavy (non-hydrogen) atoms. The molecule has 0 aliphatic carbocycles. The number of thiophene rings is 2. The highest BCUT2D eigenvalue weighted by Gasteiger charge is 2.15. The number of carbonyl (C=O) groups is 1. The van der Waals surface area contributed by atoms with E-state index in [1.807, 2.05) is 41.1 Å². The topological polar surface area (TPSA) is 67.8 Å². The number of hydrogen-bond donors (Lipinski definition) is 1. The second-order valence-corrected chi connectivity index (χ2v) is 8.21. The standard InChI is InChI=1S/C23H16N4OS2/c28-23(25-12-18-3-1-2-8-24-18)15-4-5-19-20(11-15)27-22(17-7-10-30-14-17)21(26-19)16-6-9-29-13-16/h1-11,13-14H,12H2,(H,25,28). The van der Waals surface area contributed by atoms with E-state index < -0.39 is 0 Å². The summed E-state index contributed by atoms with van der Waals surface area (Å²) in [6.45, 7) is 0.376. The maximum Gasteiger partial charge on any atom is 0.251 e. The van der Waals surface area contributed by atoms with Gasteiger partial charge in [0, 0.05) is 33.6 Å². The van der Waals surface area contributed by atoms with Crippen molar-refractivity contribution < 1.29 is 4.79 Å². The summed E-state index contributed by atoms with van der Waals surface area (Å²) in [5, 5.41) is 11.1. The van der Waals surface area contributed by atoms with Gasteiger partial charge in [0.1, 0.15) is 0 Å². The highest BCUT2D eigenvalue weighted by molar-refractivity contribution is 7.08. The molecule has 0 saturated heterocycles. The minimum absolute atomic E-state index is 0.164. The van der Waals surface area contributed by atoms with Crippen molar-refractivity contribution in [1.29, 1.82) is 0 Å². The van der Waals surface area contributed by atoms with Gasteiger partial charge in [0.05, 0.1) is 34.7 Å². The van der Waals surface area contributed by atoms with Crippen molar-refractivity contribution in [3.8, 4) is 22.5 Å². The van der Waals surface area contributed by atoms with Crippen molar-refractivity contribution in [2.75, 3.05) is 0 Å². The predicted octanol–water partition coefficient (Wildman–Crippen LogP) is 5.41. The van der Waals surface area contributed by atoms with E-state index in [0.29, 0.717) is 17.6 Å². The Labute approximate surface area is 181 Å². The Morgan fingerprint density at radius 1 is 0.867 bits per heavy atom. The van der Waals surface area contributed by atoms with Crippen LogP contribution in [0.15, 0.2) is 76.2 Å². The van der Waals surface area contributed by atoms with Gasteiger partial charge in [-0.25, -0.2) is 9.97 Å². The molecule has 0 aliphatic rings. The van der Waals surface area contributed by atoms with Crippen LogP contribution in [0.4, 0.5) is 0 Å². The first-order valence-electron chi connectivity index (χ1n) is 9.33. The van der Waals surface area contributed by atoms with Crippen LogP contribution in [0, 0.1) is 0 Å². The summed E-state index contributed by atoms with van der Waals surface area (Å²) in [6, 6.07) is 15.2. The van der Waals surface area contributed by atoms with Gasteiger partial charge in [-0.05, 0) is 53.2 Å². The number of benzene rings is 1. The molecule has 0 atom stereocenters. The molecular formula is C23H16N4OS2. The number of nitrogens with zero attached hydrogens (tertiary/aromatic N) is 3. The molecule has 5 aromatic rings. The lowest BCUT2D eigenvalue weighted by Gasteiger charge is -2.10. The molecule has 7 heteroatoms. The van der Waals surface area contributed by atoms with Gasteiger partial charge in [-0.15, -0.1) is 0 Å². The number of fused-ring (bicyclic) bond motifs is 1. The Bertz CT molecular complexity index is 1300. The summed E-state index contributed by atoms with van der Waals surface area (Å²) in [5.41, 5.74) is 6.58. The van der Waals surface area contributed by atoms with Gasteiger partial charge >= 0.3 is 0 Å². The number of amides is 1. The summed E-state index contributed by atoms with van der Waals surface area (Å²) in [5.74, 6) is -0.164. The largest absolute Gasteiger partial charge is 0.346 e. The molecule has 0 fully saturated rings. The van der Waals surface area contributed by atoms with Crippen LogP contribution in [0.5, 0.6) is 0 Å². The van der Waals surface area contributed by atoms with Crippen molar-refractivity contribution in [1.82, 2.24) is 20.3 Å². The molecule has 0 spiro atoms. The van der Waals surface area contributed by atoms with Gasteiger partial charge in [0.15, 0.2) is 0 Å². The highest BCUT2D eigenvalue weighted by Crippen LogP contribution is 2.33. The van der Waals surface area contributed by atoms with Crippen molar-refractivity contribution in [3.63, 3.8) is 0 Å². The molecule has 1 aromatic carbocycles. The second-order valence-electron chi connectivity index (χ2n) is 6.65. The Morgan fingerprint density at radius 2 is 1.60 bits per heavy atom. The molecule has 0 saturated carbocycles. The van der Waals surface area contributed by atoms with Crippen LogP contribution in [-0.4, -0.2) is 20.9 Å². The lowest BCUT2D eigenvalue weighted by molar-refractivity contribution is 0.0950. The first-order valence-corrected chi connectivity index (χ1v) is 11.2. The fraction of sp³-hybridized carbons (Fsp3) is 0.0435. The van der Waals surface area contributed by atoms with Crippen molar-refractivity contribution in [3.05, 3.63) is 87.5 Å². The van der Waals surface area contributed by atoms with Crippen LogP contribution < -0.4 is 5.32 Å². The lowest BCUT2D eigenvalue weighted by atomic mass is 10.1. The van der Waals surface area contributed by atoms with Gasteiger partial charge in [-0.1, -0.05) is 6.07 Å². The van der Waals surface area contributed by atoms with Crippen molar-refractivity contribution >= 4 is 39.6 Å². The van der Waals surface area contributed by atoms with E-state index in [4.69, 9.17) is 9.97 Å². The van der Waals surface area contributed by atoms with Gasteiger partial charge in [0.2, 0.25) is 0 Å². The first-order chi connectivity index (χ1) is 14.8. The molecular weight excluding hydrogens is 412 g/mol. The fourth-order valence-electron chi connectivity index (χ4n) is 3.17. The van der Waals surface area contributed by atoms with E-state index in [-0.39, 0.29) is 5.91 Å². The molecule has 0 aliphatic heterocycles. The van der Waals surface area contributed by atoms with Crippen LogP contribution in [0.3, 0.4) is 0 Å². The number of carbonyl (C=O) groups excluding carboxylic acids is 1. The zero-order valence-corrected chi connectivity index (χ0v) is 17.4. The Kier molecular flexibility index (Phi) is 5.04. The first kappa shape index (κ1) is 18.6. The number of nitrogens with one attached hydrogen (secondary N) is 1. The van der Waals surface area contributed by atoms with E-state index in [2.05, 4.69) is 27.1 Å². The van der Waals surface area contributed by atoms with E-state index in [9.17, 15) is 4.79 Å². The normalized spacial score (nSPS) is 10.9. The smallest absolute Gasteiger partial charge is 0.251 e. The molecule has 146 valence electrons. The molecule has 0 radical (unpaired) electrons. The third kappa shape index (κ3) is 3.72. The molecule has 5 rings (SSSR count). The summed E-state index contributed by atoms with van der Waals surface area (Å²) in [6.07, 6.45) is 1.71. The summed E-state index contributed by atoms with van der Waals surface area (Å²) in [7, 11) is 0. The van der Waals surface area contributed by atoms with Gasteiger partial charge in [-0.2, -0.15) is 22.7 Å². The molecule has 1 N–H and O–H groups in total. The monoisotopic (exact) mass is 428 g/mol. The average Bonchev–Trinajstić information content (AvgIpc) is 3.51. The van der Waals surface area contributed by atoms with Crippen LogP contribution in [0.1, 0.15) is 16.1 Å². The molecule has 4 heterocycles. The molecule has 4 aromatic heterocycles. The average molecular weight is 429 g/mol. The van der Waals surface area contributed by atoms with Gasteiger partial charge < -0.3 is 5.32 Å². The summed E-state index contributed by atoms with van der Waals surface area (Å²) >= 11 is 3.26. The molecule has 5 nitrogen and oxygen atoms in total. The quantitative estimate of drug-likeness (QED) is 0.406. The molecule has 0 unspecified atom stereocenters. The number of pyridine rings is 1. The Morgan fingerprint density at radius 3 is 2.23 bits per heavy atom. The SMILES string of the molecule is O=C(NCc1ccccn1)c1ccc2nc(-c3ccsc3)c(-c3ccsc3)nc2c1. The third-order valence-electron chi connectivity index (χ3n) is 4.67. The minimum atomic E-state index is -0.164. The summed E-state index contributed by atoms with van der Waals surface area (Å²) in [4.78, 5) is 26.6. The Hall–Kier alpha value is -3.42. The number of aromatic nitrogens is 3. The maximum absolute atomic E-state index is 12.6. The van der Waals surface area contributed by atoms with Crippen LogP contribution >= 0.6 is 22.7 Å². The van der Waals surface area contributed by atoms with E-state index >= 15 is 0 Å². The van der Waals surface area contributed by atoms with Crippen LogP contribution in [0.25, 0.3) is 33.5 Å². The van der Waals surface area contributed by atoms with E-state index in [1.165, 1.54) is 0 Å². The zero-order valence-electron chi connectivity index (χ0n) is 15.8. The minimum Gasteiger partial charge on any atom is -0.346 e. The molecule has 0 bridgehead atoms. The predicted molar refractivity (Wildman–Crippen MR) is 122 cm³/mol. The second kappa shape index (κ2) is 8.14. The third-order valence-corrected chi connectivity index (χ3v) is 6.04. The molecule has 1 amide bonds. The van der Waals surface area contributed by atoms with Gasteiger partial charge in [0.25, 0.3) is 5.91 Å². The lowest BCUT2D eigenvalue weighted by Crippen LogP contribution is -2.23. The summed E-state index contributed by atoms with van der Waals surface area (Å²) < 4.78 is 0. The number of hydrogen-bond acceptors (Lipinski definition) is 6. The fourth-order valence-corrected chi connectivity index (χ4v) is 4.45. The van der Waals surface area contributed by atoms with Crippen LogP contribution in [0.2, 0.25) is 0 Å². The maximum atomic E-state index is 12.6. The highest BCUT2D eigenvalue weighted by atomic mass is 32.1. The Balaban J connectivity index is 1.51.